The smallest absolute Gasteiger partial charge is 0.259 e. The van der Waals surface area contributed by atoms with Crippen LogP contribution in [0.4, 0.5) is 16.3 Å². The Morgan fingerprint density at radius 1 is 1.05 bits per heavy atom. The number of rotatable bonds is 6. The van der Waals surface area contributed by atoms with E-state index in [9.17, 15) is 9.18 Å². The monoisotopic (exact) mass is 539 g/mol. The van der Waals surface area contributed by atoms with Crippen LogP contribution in [-0.4, -0.2) is 91.3 Å². The number of nitrogen functional groups attached to an aromatic ring is 1. The van der Waals surface area contributed by atoms with E-state index in [2.05, 4.69) is 25.0 Å². The lowest BCUT2D eigenvalue weighted by atomic mass is 9.78. The topological polar surface area (TPSA) is 122 Å². The molecule has 0 radical (unpaired) electrons. The van der Waals surface area contributed by atoms with Crippen molar-refractivity contribution in [3.63, 3.8) is 0 Å². The van der Waals surface area contributed by atoms with Gasteiger partial charge in [-0.05, 0) is 89.4 Å². The van der Waals surface area contributed by atoms with E-state index >= 15 is 0 Å². The number of furan rings is 1. The number of piperidine rings is 2. The molecule has 12 heteroatoms. The van der Waals surface area contributed by atoms with Crippen molar-refractivity contribution >= 4 is 23.6 Å². The second-order valence-electron chi connectivity index (χ2n) is 11.9. The van der Waals surface area contributed by atoms with Crippen LogP contribution in [0, 0.1) is 11.8 Å². The lowest BCUT2D eigenvalue weighted by molar-refractivity contribution is -0.134. The van der Waals surface area contributed by atoms with Gasteiger partial charge in [0.15, 0.2) is 5.76 Å². The maximum atomic E-state index is 14.0. The number of aromatic nitrogens is 5. The van der Waals surface area contributed by atoms with Crippen LogP contribution in [0.3, 0.4) is 0 Å². The molecule has 210 valence electrons. The highest BCUT2D eigenvalue weighted by molar-refractivity contribution is 5.85. The largest absolute Gasteiger partial charge is 0.461 e. The Labute approximate surface area is 227 Å². The summed E-state index contributed by atoms with van der Waals surface area (Å²) in [6.07, 6.45) is 7.52. The second kappa shape index (κ2) is 10.4. The van der Waals surface area contributed by atoms with Crippen LogP contribution >= 0.6 is 0 Å². The first-order chi connectivity index (χ1) is 18.7. The fourth-order valence-electron chi connectivity index (χ4n) is 6.61. The summed E-state index contributed by atoms with van der Waals surface area (Å²) in [4.78, 5) is 33.5. The zero-order valence-corrected chi connectivity index (χ0v) is 22.8. The molecular formula is C27H38FN9O2. The molecule has 0 spiro atoms. The van der Waals surface area contributed by atoms with Gasteiger partial charge in [-0.25, -0.2) is 4.39 Å². The number of nitrogens with zero attached hydrogens (tertiary/aromatic N) is 8. The highest BCUT2D eigenvalue weighted by Gasteiger charge is 2.38. The quantitative estimate of drug-likeness (QED) is 0.504. The van der Waals surface area contributed by atoms with Gasteiger partial charge in [0.25, 0.3) is 5.78 Å². The molecule has 3 aromatic heterocycles. The second-order valence-corrected chi connectivity index (χ2v) is 11.9. The molecule has 6 rings (SSSR count). The molecule has 0 saturated carbocycles. The molecule has 3 aliphatic rings. The predicted molar refractivity (Wildman–Crippen MR) is 145 cm³/mol. The average molecular weight is 540 g/mol. The van der Waals surface area contributed by atoms with Crippen LogP contribution in [0.25, 0.3) is 17.4 Å². The van der Waals surface area contributed by atoms with Crippen molar-refractivity contribution in [2.45, 2.75) is 64.1 Å². The fraction of sp³-hybridized carbons (Fsp3) is 0.667. The first kappa shape index (κ1) is 26.0. The van der Waals surface area contributed by atoms with Crippen LogP contribution in [0.2, 0.25) is 0 Å². The van der Waals surface area contributed by atoms with Crippen LogP contribution < -0.4 is 10.6 Å². The van der Waals surface area contributed by atoms with Crippen molar-refractivity contribution in [2.24, 2.45) is 11.8 Å². The van der Waals surface area contributed by atoms with Crippen molar-refractivity contribution in [3.05, 3.63) is 18.4 Å². The number of nitrogens with two attached hydrogens (primary N) is 1. The number of carbonyl (C=O) groups is 1. The minimum atomic E-state index is -1.15. The van der Waals surface area contributed by atoms with E-state index in [0.717, 1.165) is 64.7 Å². The number of anilines is 2. The van der Waals surface area contributed by atoms with Crippen molar-refractivity contribution in [1.82, 2.24) is 34.4 Å². The van der Waals surface area contributed by atoms with Gasteiger partial charge in [-0.1, -0.05) is 0 Å². The Balaban J connectivity index is 1.08. The number of fused-ring (bicyclic) bond motifs is 1. The molecule has 0 aromatic carbocycles. The van der Waals surface area contributed by atoms with Crippen molar-refractivity contribution in [1.29, 1.82) is 0 Å². The standard InChI is InChI=1S/C27H38FN9O2/c1-27(2,28)17-34-12-7-18(8-13-34)19-9-14-35(15-10-19)23(38)20-5-3-11-36(20)25-31-24(29)37-26(32-25)30-22(33-37)21-6-4-16-39-21/h4,6,16,18-20H,3,5,7-15,17H2,1-2H3,(H2,29,30,31,32,33)/t20-/m0/s1. The van der Waals surface area contributed by atoms with Gasteiger partial charge in [-0.3, -0.25) is 4.79 Å². The van der Waals surface area contributed by atoms with Gasteiger partial charge >= 0.3 is 0 Å². The van der Waals surface area contributed by atoms with Gasteiger partial charge in [-0.15, -0.1) is 5.10 Å². The molecule has 39 heavy (non-hydrogen) atoms. The van der Waals surface area contributed by atoms with Crippen LogP contribution in [0.15, 0.2) is 22.8 Å². The molecule has 1 atom stereocenters. The summed E-state index contributed by atoms with van der Waals surface area (Å²) in [5.74, 6) is 3.25. The molecule has 0 bridgehead atoms. The normalized spacial score (nSPS) is 22.3. The highest BCUT2D eigenvalue weighted by Crippen LogP contribution is 2.34. The lowest BCUT2D eigenvalue weighted by Crippen LogP contribution is -2.50. The Morgan fingerprint density at radius 2 is 1.77 bits per heavy atom. The predicted octanol–water partition coefficient (Wildman–Crippen LogP) is 3.03. The van der Waals surface area contributed by atoms with Gasteiger partial charge in [0.1, 0.15) is 11.7 Å². The van der Waals surface area contributed by atoms with Gasteiger partial charge in [0.2, 0.25) is 23.6 Å². The summed E-state index contributed by atoms with van der Waals surface area (Å²) in [6, 6.07) is 3.24. The molecule has 0 aliphatic carbocycles. The number of halogens is 1. The lowest BCUT2D eigenvalue weighted by Gasteiger charge is -2.41. The van der Waals surface area contributed by atoms with Crippen molar-refractivity contribution < 1.29 is 13.6 Å². The summed E-state index contributed by atoms with van der Waals surface area (Å²) in [5, 5.41) is 4.36. The molecule has 6 heterocycles. The number of amides is 1. The van der Waals surface area contributed by atoms with E-state index in [-0.39, 0.29) is 17.9 Å². The van der Waals surface area contributed by atoms with Gasteiger partial charge in [-0.2, -0.15) is 19.5 Å². The minimum Gasteiger partial charge on any atom is -0.461 e. The third-order valence-electron chi connectivity index (χ3n) is 8.51. The Hall–Kier alpha value is -3.28. The van der Waals surface area contributed by atoms with Crippen LogP contribution in [0.1, 0.15) is 52.4 Å². The van der Waals surface area contributed by atoms with Crippen molar-refractivity contribution in [3.8, 4) is 11.6 Å². The van der Waals surface area contributed by atoms with E-state index < -0.39 is 5.67 Å². The Morgan fingerprint density at radius 3 is 2.44 bits per heavy atom. The molecular weight excluding hydrogens is 501 g/mol. The summed E-state index contributed by atoms with van der Waals surface area (Å²) in [6.45, 7) is 8.01. The zero-order valence-electron chi connectivity index (χ0n) is 22.8. The summed E-state index contributed by atoms with van der Waals surface area (Å²) in [7, 11) is 0. The summed E-state index contributed by atoms with van der Waals surface area (Å²) >= 11 is 0. The Bertz CT molecular complexity index is 1290. The summed E-state index contributed by atoms with van der Waals surface area (Å²) < 4.78 is 20.8. The summed E-state index contributed by atoms with van der Waals surface area (Å²) in [5.41, 5.74) is 5.07. The maximum absolute atomic E-state index is 14.0. The third-order valence-corrected chi connectivity index (χ3v) is 8.51. The number of likely N-dealkylation sites (tertiary alicyclic amines) is 2. The number of hydrogen-bond donors (Lipinski definition) is 1. The van der Waals surface area contributed by atoms with Gasteiger partial charge in [0.05, 0.1) is 6.26 Å². The van der Waals surface area contributed by atoms with E-state index in [4.69, 9.17) is 10.2 Å². The number of carbonyl (C=O) groups excluding carboxylic acids is 1. The molecule has 11 nitrogen and oxygen atoms in total. The Kier molecular flexibility index (Phi) is 6.90. The van der Waals surface area contributed by atoms with Crippen molar-refractivity contribution in [2.75, 3.05) is 49.9 Å². The molecule has 3 fully saturated rings. The van der Waals surface area contributed by atoms with E-state index in [1.807, 2.05) is 9.80 Å². The fourth-order valence-corrected chi connectivity index (χ4v) is 6.61. The van der Waals surface area contributed by atoms with E-state index in [1.54, 1.807) is 32.2 Å². The molecule has 2 N–H and O–H groups in total. The molecule has 0 unspecified atom stereocenters. The molecule has 1 amide bonds. The molecule has 3 saturated heterocycles. The van der Waals surface area contributed by atoms with E-state index in [1.165, 1.54) is 4.52 Å². The van der Waals surface area contributed by atoms with Gasteiger partial charge in [0, 0.05) is 26.2 Å². The molecule has 3 aliphatic heterocycles. The van der Waals surface area contributed by atoms with E-state index in [0.29, 0.717) is 48.2 Å². The van der Waals surface area contributed by atoms with Crippen LogP contribution in [0.5, 0.6) is 0 Å². The zero-order chi connectivity index (χ0) is 27.1. The van der Waals surface area contributed by atoms with Gasteiger partial charge < -0.3 is 24.9 Å². The first-order valence-corrected chi connectivity index (χ1v) is 14.2. The van der Waals surface area contributed by atoms with Crippen LogP contribution in [-0.2, 0) is 4.79 Å². The maximum Gasteiger partial charge on any atom is 0.259 e. The highest BCUT2D eigenvalue weighted by atomic mass is 19.1. The first-order valence-electron chi connectivity index (χ1n) is 14.2. The SMILES string of the molecule is CC(C)(F)CN1CCC(C2CCN(C(=O)[C@@H]3CCCN3c3nc(N)n4nc(-c5ccco5)nc4n3)CC2)CC1. The number of alkyl halides is 1. The third kappa shape index (κ3) is 5.43. The molecule has 3 aromatic rings. The average Bonchev–Trinajstić information content (AvgIpc) is 3.68. The minimum absolute atomic E-state index is 0.144. The number of hydrogen-bond acceptors (Lipinski definition) is 9.